The molecule has 0 radical (unpaired) electrons. The van der Waals surface area contributed by atoms with Gasteiger partial charge in [-0.1, -0.05) is 0 Å². The summed E-state index contributed by atoms with van der Waals surface area (Å²) in [5, 5.41) is 6.82. The number of thiophene rings is 1. The van der Waals surface area contributed by atoms with Crippen molar-refractivity contribution in [1.82, 2.24) is 9.88 Å². The van der Waals surface area contributed by atoms with Crippen LogP contribution in [0.4, 0.5) is 0 Å². The van der Waals surface area contributed by atoms with Crippen LogP contribution in [0.5, 0.6) is 0 Å². The summed E-state index contributed by atoms with van der Waals surface area (Å²) in [6, 6.07) is 2.02. The van der Waals surface area contributed by atoms with Gasteiger partial charge in [0.05, 0.1) is 12.2 Å². The Morgan fingerprint density at radius 1 is 1.35 bits per heavy atom. The first-order valence-corrected chi connectivity index (χ1v) is 8.38. The van der Waals surface area contributed by atoms with Gasteiger partial charge in [0.15, 0.2) is 0 Å². The third kappa shape index (κ3) is 2.77. The van der Waals surface area contributed by atoms with Crippen molar-refractivity contribution in [2.24, 2.45) is 0 Å². The van der Waals surface area contributed by atoms with Crippen LogP contribution in [0.25, 0.3) is 10.6 Å². The van der Waals surface area contributed by atoms with Crippen LogP contribution >= 0.6 is 22.7 Å². The maximum atomic E-state index is 12.5. The predicted molar refractivity (Wildman–Crippen MR) is 81.3 cm³/mol. The smallest absolute Gasteiger partial charge is 0.273 e. The van der Waals surface area contributed by atoms with Crippen LogP contribution in [0.2, 0.25) is 0 Å². The second kappa shape index (κ2) is 5.63. The summed E-state index contributed by atoms with van der Waals surface area (Å²) >= 11 is 3.15. The topological polar surface area (TPSA) is 42.4 Å². The van der Waals surface area contributed by atoms with Crippen molar-refractivity contribution in [2.45, 2.75) is 26.1 Å². The molecule has 2 unspecified atom stereocenters. The number of morpholine rings is 1. The van der Waals surface area contributed by atoms with Gasteiger partial charge < -0.3 is 9.64 Å². The summed E-state index contributed by atoms with van der Waals surface area (Å²) in [6.07, 6.45) is 0.162. The SMILES string of the molecule is CC1CN(C(=O)c2csc(-c3ccsc3)n2)CC(C)O1. The average Bonchev–Trinajstić information content (AvgIpc) is 3.07. The summed E-state index contributed by atoms with van der Waals surface area (Å²) in [6.45, 7) is 5.25. The van der Waals surface area contributed by atoms with E-state index in [0.717, 1.165) is 10.6 Å². The van der Waals surface area contributed by atoms with Gasteiger partial charge in [-0.25, -0.2) is 4.98 Å². The maximum absolute atomic E-state index is 12.5. The van der Waals surface area contributed by atoms with E-state index in [-0.39, 0.29) is 18.1 Å². The molecular formula is C14H16N2O2S2. The molecule has 2 aromatic rings. The molecule has 2 aromatic heterocycles. The molecule has 1 aliphatic rings. The van der Waals surface area contributed by atoms with E-state index < -0.39 is 0 Å². The molecule has 106 valence electrons. The van der Waals surface area contributed by atoms with E-state index in [1.54, 1.807) is 11.3 Å². The van der Waals surface area contributed by atoms with E-state index in [1.807, 2.05) is 41.0 Å². The van der Waals surface area contributed by atoms with Gasteiger partial charge in [0.1, 0.15) is 10.7 Å². The number of aromatic nitrogens is 1. The van der Waals surface area contributed by atoms with Crippen molar-refractivity contribution in [3.8, 4) is 10.6 Å². The zero-order chi connectivity index (χ0) is 14.1. The molecule has 4 nitrogen and oxygen atoms in total. The molecule has 0 bridgehead atoms. The molecule has 0 saturated carbocycles. The Hall–Kier alpha value is -1.24. The van der Waals surface area contributed by atoms with E-state index in [9.17, 15) is 4.79 Å². The molecule has 0 aliphatic carbocycles. The number of hydrogen-bond acceptors (Lipinski definition) is 5. The Kier molecular flexibility index (Phi) is 3.87. The van der Waals surface area contributed by atoms with E-state index >= 15 is 0 Å². The summed E-state index contributed by atoms with van der Waals surface area (Å²) < 4.78 is 5.66. The minimum absolute atomic E-state index is 0.00438. The Balaban J connectivity index is 1.77. The molecule has 2 atom stereocenters. The van der Waals surface area contributed by atoms with Crippen molar-refractivity contribution >= 4 is 28.6 Å². The fourth-order valence-corrected chi connectivity index (χ4v) is 3.90. The number of hydrogen-bond donors (Lipinski definition) is 0. The molecule has 1 aliphatic heterocycles. The largest absolute Gasteiger partial charge is 0.372 e. The maximum Gasteiger partial charge on any atom is 0.273 e. The van der Waals surface area contributed by atoms with E-state index in [2.05, 4.69) is 4.98 Å². The summed E-state index contributed by atoms with van der Waals surface area (Å²) in [5.74, 6) is 0.00438. The zero-order valence-electron chi connectivity index (χ0n) is 11.4. The Labute approximate surface area is 126 Å². The lowest BCUT2D eigenvalue weighted by Gasteiger charge is -2.34. The number of carbonyl (C=O) groups is 1. The fraction of sp³-hybridized carbons (Fsp3) is 0.429. The van der Waals surface area contributed by atoms with Crippen molar-refractivity contribution in [3.05, 3.63) is 27.9 Å². The van der Waals surface area contributed by atoms with Crippen molar-refractivity contribution in [1.29, 1.82) is 0 Å². The highest BCUT2D eigenvalue weighted by atomic mass is 32.1. The van der Waals surface area contributed by atoms with Gasteiger partial charge in [-0.15, -0.1) is 11.3 Å². The molecule has 1 saturated heterocycles. The van der Waals surface area contributed by atoms with Crippen LogP contribution in [0, 0.1) is 0 Å². The highest BCUT2D eigenvalue weighted by Crippen LogP contribution is 2.26. The molecule has 1 amide bonds. The highest BCUT2D eigenvalue weighted by molar-refractivity contribution is 7.14. The molecule has 0 N–H and O–H groups in total. The monoisotopic (exact) mass is 308 g/mol. The Morgan fingerprint density at radius 3 is 2.75 bits per heavy atom. The lowest BCUT2D eigenvalue weighted by Crippen LogP contribution is -2.48. The van der Waals surface area contributed by atoms with Gasteiger partial charge in [0.2, 0.25) is 0 Å². The fourth-order valence-electron chi connectivity index (χ4n) is 2.40. The summed E-state index contributed by atoms with van der Waals surface area (Å²) in [4.78, 5) is 18.8. The first-order chi connectivity index (χ1) is 9.63. The standard InChI is InChI=1S/C14H16N2O2S2/c1-9-5-16(6-10(2)18-9)14(17)12-8-20-13(15-12)11-3-4-19-7-11/h3-4,7-10H,5-6H2,1-2H3. The molecule has 3 heterocycles. The molecule has 20 heavy (non-hydrogen) atoms. The zero-order valence-corrected chi connectivity index (χ0v) is 13.0. The van der Waals surface area contributed by atoms with Crippen LogP contribution in [-0.2, 0) is 4.74 Å². The molecule has 6 heteroatoms. The summed E-state index contributed by atoms with van der Waals surface area (Å²) in [7, 11) is 0. The van der Waals surface area contributed by atoms with E-state index in [1.165, 1.54) is 11.3 Å². The van der Waals surface area contributed by atoms with Gasteiger partial charge in [-0.2, -0.15) is 11.3 Å². The van der Waals surface area contributed by atoms with Gasteiger partial charge in [0.25, 0.3) is 5.91 Å². The number of ether oxygens (including phenoxy) is 1. The highest BCUT2D eigenvalue weighted by Gasteiger charge is 2.27. The number of nitrogens with zero attached hydrogens (tertiary/aromatic N) is 2. The lowest BCUT2D eigenvalue weighted by atomic mass is 10.2. The minimum Gasteiger partial charge on any atom is -0.372 e. The third-order valence-electron chi connectivity index (χ3n) is 3.20. The normalized spacial score (nSPS) is 23.0. The van der Waals surface area contributed by atoms with Gasteiger partial charge in [-0.05, 0) is 25.3 Å². The van der Waals surface area contributed by atoms with Crippen LogP contribution in [0.15, 0.2) is 22.2 Å². The molecular weight excluding hydrogens is 292 g/mol. The van der Waals surface area contributed by atoms with Crippen LogP contribution in [0.3, 0.4) is 0 Å². The first-order valence-electron chi connectivity index (χ1n) is 6.56. The predicted octanol–water partition coefficient (Wildman–Crippen LogP) is 3.12. The summed E-state index contributed by atoms with van der Waals surface area (Å²) in [5.41, 5.74) is 1.63. The number of carbonyl (C=O) groups excluding carboxylic acids is 1. The molecule has 0 spiro atoms. The second-order valence-electron chi connectivity index (χ2n) is 5.02. The van der Waals surface area contributed by atoms with E-state index in [4.69, 9.17) is 4.74 Å². The van der Waals surface area contributed by atoms with Gasteiger partial charge >= 0.3 is 0 Å². The van der Waals surface area contributed by atoms with Gasteiger partial charge in [0, 0.05) is 29.4 Å². The van der Waals surface area contributed by atoms with Crippen LogP contribution in [0.1, 0.15) is 24.3 Å². The minimum atomic E-state index is 0.00438. The second-order valence-corrected chi connectivity index (χ2v) is 6.66. The van der Waals surface area contributed by atoms with Gasteiger partial charge in [-0.3, -0.25) is 4.79 Å². The average molecular weight is 308 g/mol. The van der Waals surface area contributed by atoms with Crippen molar-refractivity contribution < 1.29 is 9.53 Å². The molecule has 0 aromatic carbocycles. The van der Waals surface area contributed by atoms with E-state index in [0.29, 0.717) is 18.8 Å². The Bertz CT molecular complexity index is 584. The molecule has 1 fully saturated rings. The number of amides is 1. The van der Waals surface area contributed by atoms with Crippen LogP contribution in [-0.4, -0.2) is 41.1 Å². The third-order valence-corrected chi connectivity index (χ3v) is 4.77. The van der Waals surface area contributed by atoms with Crippen molar-refractivity contribution in [2.75, 3.05) is 13.1 Å². The van der Waals surface area contributed by atoms with Crippen molar-refractivity contribution in [3.63, 3.8) is 0 Å². The van der Waals surface area contributed by atoms with Crippen LogP contribution < -0.4 is 0 Å². The quantitative estimate of drug-likeness (QED) is 0.856. The number of thiazole rings is 1. The Morgan fingerprint density at radius 2 is 2.10 bits per heavy atom. The number of rotatable bonds is 2. The first kappa shape index (κ1) is 13.7. The lowest BCUT2D eigenvalue weighted by molar-refractivity contribution is -0.0587. The molecule has 3 rings (SSSR count).